The fourth-order valence-electron chi connectivity index (χ4n) is 3.07. The lowest BCUT2D eigenvalue weighted by Gasteiger charge is -2.22. The first-order valence-corrected chi connectivity index (χ1v) is 8.47. The molecule has 1 amide bonds. The summed E-state index contributed by atoms with van der Waals surface area (Å²) in [5.74, 6) is -0.127. The molecule has 2 aromatic carbocycles. The number of para-hydroxylation sites is 1. The van der Waals surface area contributed by atoms with Crippen LogP contribution < -0.4 is 10.2 Å². The van der Waals surface area contributed by atoms with Crippen LogP contribution >= 0.6 is 0 Å². The SMILES string of the molecule is CNC(=O)c1ccc(CN(C)c2cc(C)nc3c([N+](=O)[O-])cccc23)cc1. The molecule has 0 unspecified atom stereocenters. The Hall–Kier alpha value is -3.48. The number of nitro groups is 1. The highest BCUT2D eigenvalue weighted by atomic mass is 16.6. The van der Waals surface area contributed by atoms with Crippen LogP contribution in [0.5, 0.6) is 0 Å². The summed E-state index contributed by atoms with van der Waals surface area (Å²) in [6.07, 6.45) is 0. The monoisotopic (exact) mass is 364 g/mol. The molecule has 7 nitrogen and oxygen atoms in total. The summed E-state index contributed by atoms with van der Waals surface area (Å²) >= 11 is 0. The van der Waals surface area contributed by atoms with Crippen LogP contribution in [0.3, 0.4) is 0 Å². The summed E-state index contributed by atoms with van der Waals surface area (Å²) in [7, 11) is 3.53. The molecule has 0 atom stereocenters. The molecule has 0 radical (unpaired) electrons. The number of carbonyl (C=O) groups excluding carboxylic acids is 1. The molecule has 0 aliphatic rings. The van der Waals surface area contributed by atoms with E-state index >= 15 is 0 Å². The Morgan fingerprint density at radius 3 is 2.56 bits per heavy atom. The predicted octanol–water partition coefficient (Wildman–Crippen LogP) is 3.45. The zero-order valence-electron chi connectivity index (χ0n) is 15.4. The molecular formula is C20H20N4O3. The zero-order chi connectivity index (χ0) is 19.6. The number of rotatable bonds is 5. The van der Waals surface area contributed by atoms with E-state index in [4.69, 9.17) is 0 Å². The number of carbonyl (C=O) groups is 1. The van der Waals surface area contributed by atoms with Crippen molar-refractivity contribution in [2.75, 3.05) is 19.0 Å². The van der Waals surface area contributed by atoms with E-state index in [2.05, 4.69) is 10.3 Å². The molecule has 3 aromatic rings. The number of fused-ring (bicyclic) bond motifs is 1. The standard InChI is InChI=1S/C20H20N4O3/c1-13-11-18(16-5-4-6-17(24(26)27)19(16)22-13)23(3)12-14-7-9-15(10-8-14)20(25)21-2/h4-11H,12H2,1-3H3,(H,21,25). The average molecular weight is 364 g/mol. The Morgan fingerprint density at radius 2 is 1.93 bits per heavy atom. The summed E-state index contributed by atoms with van der Waals surface area (Å²) in [6.45, 7) is 2.42. The summed E-state index contributed by atoms with van der Waals surface area (Å²) in [4.78, 5) is 29.0. The second-order valence-corrected chi connectivity index (χ2v) is 6.35. The van der Waals surface area contributed by atoms with Crippen LogP contribution in [0.4, 0.5) is 11.4 Å². The van der Waals surface area contributed by atoms with Crippen molar-refractivity contribution in [1.29, 1.82) is 0 Å². The Kier molecular flexibility index (Phi) is 5.03. The highest BCUT2D eigenvalue weighted by Crippen LogP contribution is 2.32. The van der Waals surface area contributed by atoms with E-state index in [1.54, 1.807) is 25.2 Å². The summed E-state index contributed by atoms with van der Waals surface area (Å²) in [5, 5.41) is 14.7. The maximum absolute atomic E-state index is 11.7. The van der Waals surface area contributed by atoms with Gasteiger partial charge >= 0.3 is 0 Å². The van der Waals surface area contributed by atoms with Crippen molar-refractivity contribution in [1.82, 2.24) is 10.3 Å². The molecular weight excluding hydrogens is 344 g/mol. The molecule has 7 heteroatoms. The number of amides is 1. The maximum atomic E-state index is 11.7. The minimum atomic E-state index is -0.407. The number of non-ortho nitro benzene ring substituents is 1. The third-order valence-electron chi connectivity index (χ3n) is 4.40. The van der Waals surface area contributed by atoms with Crippen LogP contribution in [-0.4, -0.2) is 29.9 Å². The van der Waals surface area contributed by atoms with Gasteiger partial charge in [0.1, 0.15) is 0 Å². The number of pyridine rings is 1. The lowest BCUT2D eigenvalue weighted by Crippen LogP contribution is -2.19. The molecule has 27 heavy (non-hydrogen) atoms. The van der Waals surface area contributed by atoms with Crippen molar-refractivity contribution >= 4 is 28.2 Å². The number of anilines is 1. The first kappa shape index (κ1) is 18.3. The second kappa shape index (κ2) is 7.41. The number of aromatic nitrogens is 1. The number of hydrogen-bond acceptors (Lipinski definition) is 5. The highest BCUT2D eigenvalue weighted by molar-refractivity contribution is 5.97. The van der Waals surface area contributed by atoms with Gasteiger partial charge in [0, 0.05) is 49.0 Å². The smallest absolute Gasteiger partial charge is 0.295 e. The topological polar surface area (TPSA) is 88.4 Å². The van der Waals surface area contributed by atoms with E-state index < -0.39 is 4.92 Å². The second-order valence-electron chi connectivity index (χ2n) is 6.35. The number of benzene rings is 2. The van der Waals surface area contributed by atoms with Crippen molar-refractivity contribution in [3.63, 3.8) is 0 Å². The van der Waals surface area contributed by atoms with E-state index in [1.807, 2.05) is 43.1 Å². The van der Waals surface area contributed by atoms with Crippen LogP contribution in [-0.2, 0) is 6.54 Å². The minimum Gasteiger partial charge on any atom is -0.370 e. The van der Waals surface area contributed by atoms with Crippen molar-refractivity contribution in [2.45, 2.75) is 13.5 Å². The van der Waals surface area contributed by atoms with Crippen LogP contribution in [0.1, 0.15) is 21.6 Å². The first-order chi connectivity index (χ1) is 12.9. The lowest BCUT2D eigenvalue weighted by molar-refractivity contribution is -0.383. The molecule has 1 N–H and O–H groups in total. The Bertz CT molecular complexity index is 1020. The Morgan fingerprint density at radius 1 is 1.22 bits per heavy atom. The normalized spacial score (nSPS) is 10.6. The van der Waals surface area contributed by atoms with Gasteiger partial charge in [0.2, 0.25) is 0 Å². The largest absolute Gasteiger partial charge is 0.370 e. The first-order valence-electron chi connectivity index (χ1n) is 8.47. The van der Waals surface area contributed by atoms with E-state index in [1.165, 1.54) is 6.07 Å². The van der Waals surface area contributed by atoms with Crippen molar-refractivity contribution in [2.24, 2.45) is 0 Å². The molecule has 0 fully saturated rings. The van der Waals surface area contributed by atoms with Crippen molar-refractivity contribution in [3.05, 3.63) is 75.5 Å². The zero-order valence-corrected chi connectivity index (χ0v) is 15.4. The van der Waals surface area contributed by atoms with Gasteiger partial charge in [-0.1, -0.05) is 24.3 Å². The molecule has 1 aromatic heterocycles. The molecule has 0 aliphatic heterocycles. The van der Waals surface area contributed by atoms with Crippen LogP contribution in [0.25, 0.3) is 10.9 Å². The molecule has 138 valence electrons. The van der Waals surface area contributed by atoms with Crippen LogP contribution in [0.15, 0.2) is 48.5 Å². The van der Waals surface area contributed by atoms with Gasteiger partial charge < -0.3 is 10.2 Å². The van der Waals surface area contributed by atoms with E-state index in [9.17, 15) is 14.9 Å². The number of aryl methyl sites for hydroxylation is 1. The molecule has 0 saturated heterocycles. The Labute approximate surface area is 156 Å². The Balaban J connectivity index is 1.96. The molecule has 0 bridgehead atoms. The van der Waals surface area contributed by atoms with Gasteiger partial charge in [-0.25, -0.2) is 4.98 Å². The lowest BCUT2D eigenvalue weighted by atomic mass is 10.1. The van der Waals surface area contributed by atoms with E-state index in [0.29, 0.717) is 23.3 Å². The molecule has 0 saturated carbocycles. The fourth-order valence-corrected chi connectivity index (χ4v) is 3.07. The van der Waals surface area contributed by atoms with Crippen molar-refractivity contribution in [3.8, 4) is 0 Å². The molecule has 1 heterocycles. The van der Waals surface area contributed by atoms with Gasteiger partial charge in [-0.15, -0.1) is 0 Å². The molecule has 0 aliphatic carbocycles. The average Bonchev–Trinajstić information content (AvgIpc) is 2.66. The quantitative estimate of drug-likeness (QED) is 0.553. The summed E-state index contributed by atoms with van der Waals surface area (Å²) < 4.78 is 0. The van der Waals surface area contributed by atoms with Crippen LogP contribution in [0.2, 0.25) is 0 Å². The number of nitro benzene ring substituents is 1. The minimum absolute atomic E-state index is 0.000723. The third-order valence-corrected chi connectivity index (χ3v) is 4.40. The van der Waals surface area contributed by atoms with Gasteiger partial charge in [-0.05, 0) is 30.7 Å². The van der Waals surface area contributed by atoms with Gasteiger partial charge in [-0.2, -0.15) is 0 Å². The predicted molar refractivity (Wildman–Crippen MR) is 105 cm³/mol. The summed E-state index contributed by atoms with van der Waals surface area (Å²) in [6, 6.07) is 14.3. The third kappa shape index (κ3) is 3.72. The van der Waals surface area contributed by atoms with Crippen LogP contribution in [0, 0.1) is 17.0 Å². The van der Waals surface area contributed by atoms with Gasteiger partial charge in [0.15, 0.2) is 5.52 Å². The molecule has 3 rings (SSSR count). The maximum Gasteiger partial charge on any atom is 0.295 e. The number of hydrogen-bond donors (Lipinski definition) is 1. The van der Waals surface area contributed by atoms with Gasteiger partial charge in [0.25, 0.3) is 11.6 Å². The number of nitrogens with zero attached hydrogens (tertiary/aromatic N) is 3. The molecule has 0 spiro atoms. The number of nitrogens with one attached hydrogen (secondary N) is 1. The van der Waals surface area contributed by atoms with Gasteiger partial charge in [-0.3, -0.25) is 14.9 Å². The summed E-state index contributed by atoms with van der Waals surface area (Å²) in [5.41, 5.74) is 3.60. The van der Waals surface area contributed by atoms with Crippen molar-refractivity contribution < 1.29 is 9.72 Å². The van der Waals surface area contributed by atoms with E-state index in [0.717, 1.165) is 16.6 Å². The van der Waals surface area contributed by atoms with Gasteiger partial charge in [0.05, 0.1) is 4.92 Å². The van der Waals surface area contributed by atoms with E-state index in [-0.39, 0.29) is 11.6 Å². The fraction of sp³-hybridized carbons (Fsp3) is 0.200. The highest BCUT2D eigenvalue weighted by Gasteiger charge is 2.17.